The summed E-state index contributed by atoms with van der Waals surface area (Å²) in [6.45, 7) is 4.00. The quantitative estimate of drug-likeness (QED) is 0.329. The molecule has 8 aliphatic carbocycles. The predicted molar refractivity (Wildman–Crippen MR) is 196 cm³/mol. The van der Waals surface area contributed by atoms with E-state index in [4.69, 9.17) is 32.7 Å². The van der Waals surface area contributed by atoms with Crippen molar-refractivity contribution in [1.29, 1.82) is 0 Å². The lowest BCUT2D eigenvalue weighted by atomic mass is 9.54. The van der Waals surface area contributed by atoms with Crippen molar-refractivity contribution in [3.8, 4) is 5.75 Å². The highest BCUT2D eigenvalue weighted by molar-refractivity contribution is 6.33. The van der Waals surface area contributed by atoms with Crippen LogP contribution in [0.5, 0.6) is 5.75 Å². The Morgan fingerprint density at radius 1 is 0.587 bits per heavy atom. The molecule has 2 aromatic rings. The zero-order valence-electron chi connectivity index (χ0n) is 26.1. The molecule has 0 spiro atoms. The minimum absolute atomic E-state index is 0. The first-order chi connectivity index (χ1) is 20.7. The van der Waals surface area contributed by atoms with Gasteiger partial charge in [-0.05, 0) is 166 Å². The highest BCUT2D eigenvalue weighted by atomic mass is 35.5. The molecular formula is C41H58Cl2O3. The largest absolute Gasteiger partial charge is 0.508 e. The third-order valence-electron chi connectivity index (χ3n) is 11.9. The van der Waals surface area contributed by atoms with Crippen molar-refractivity contribution in [2.75, 3.05) is 14.2 Å². The molecule has 0 heterocycles. The van der Waals surface area contributed by atoms with Crippen molar-refractivity contribution in [2.24, 2.45) is 47.3 Å². The fourth-order valence-corrected chi connectivity index (χ4v) is 11.0. The Hall–Kier alpha value is -2.10. The minimum Gasteiger partial charge on any atom is -0.508 e. The molecular weight excluding hydrogens is 611 g/mol. The van der Waals surface area contributed by atoms with Gasteiger partial charge in [-0.1, -0.05) is 57.6 Å². The third-order valence-corrected chi connectivity index (χ3v) is 12.9. The van der Waals surface area contributed by atoms with Gasteiger partial charge in [0.2, 0.25) is 0 Å². The van der Waals surface area contributed by atoms with Crippen LogP contribution in [0.3, 0.4) is 0 Å². The molecule has 254 valence electrons. The topological polar surface area (TPSA) is 38.7 Å². The molecule has 8 aliphatic rings. The van der Waals surface area contributed by atoms with Crippen molar-refractivity contribution >= 4 is 34.7 Å². The summed E-state index contributed by atoms with van der Waals surface area (Å²) in [5.74, 6) is 8.86. The second kappa shape index (κ2) is 14.6. The van der Waals surface area contributed by atoms with E-state index >= 15 is 0 Å². The highest BCUT2D eigenvalue weighted by Crippen LogP contribution is 2.59. The highest BCUT2D eigenvalue weighted by Gasteiger charge is 2.48. The van der Waals surface area contributed by atoms with Gasteiger partial charge in [0.05, 0.1) is 24.3 Å². The molecule has 0 aromatic heterocycles. The van der Waals surface area contributed by atoms with Gasteiger partial charge in [0.15, 0.2) is 0 Å². The molecule has 8 saturated carbocycles. The minimum atomic E-state index is 0. The van der Waals surface area contributed by atoms with Gasteiger partial charge in [0.1, 0.15) is 17.3 Å². The maximum Gasteiger partial charge on any atom is 0.127 e. The Morgan fingerprint density at radius 3 is 1.39 bits per heavy atom. The molecule has 0 amide bonds. The number of aromatic hydroxyl groups is 1. The normalized spacial score (nSPS) is 30.7. The molecule has 5 heteroatoms. The van der Waals surface area contributed by atoms with Crippen molar-refractivity contribution < 1.29 is 14.6 Å². The number of phenols is 1. The Kier molecular flexibility index (Phi) is 11.6. The first kappa shape index (κ1) is 36.7. The predicted octanol–water partition coefficient (Wildman–Crippen LogP) is 12.5. The molecule has 0 atom stereocenters. The smallest absolute Gasteiger partial charge is 0.127 e. The average Bonchev–Trinajstić information content (AvgIpc) is 2.96. The number of methoxy groups -OCH3 is 2. The zero-order valence-corrected chi connectivity index (χ0v) is 27.6. The van der Waals surface area contributed by atoms with E-state index in [9.17, 15) is 5.11 Å². The van der Waals surface area contributed by atoms with Gasteiger partial charge in [-0.15, -0.1) is 0 Å². The summed E-state index contributed by atoms with van der Waals surface area (Å²) in [5, 5.41) is 11.5. The van der Waals surface area contributed by atoms with Gasteiger partial charge >= 0.3 is 0 Å². The molecule has 1 N–H and O–H groups in total. The first-order valence-electron chi connectivity index (χ1n) is 16.5. The van der Waals surface area contributed by atoms with Crippen LogP contribution >= 0.6 is 23.2 Å². The fraction of sp³-hybridized carbons (Fsp3) is 0.610. The zero-order chi connectivity index (χ0) is 30.0. The lowest BCUT2D eigenvalue weighted by Crippen LogP contribution is -2.40. The molecule has 0 aliphatic heterocycles. The molecule has 0 radical (unpaired) electrons. The number of aryl methyl sites for hydroxylation is 2. The van der Waals surface area contributed by atoms with Crippen LogP contribution in [0.2, 0.25) is 10.0 Å². The number of benzene rings is 2. The summed E-state index contributed by atoms with van der Waals surface area (Å²) >= 11 is 13.1. The Labute approximate surface area is 289 Å². The van der Waals surface area contributed by atoms with Crippen LogP contribution in [0.1, 0.15) is 109 Å². The van der Waals surface area contributed by atoms with Gasteiger partial charge in [0.25, 0.3) is 0 Å². The first-order valence-corrected chi connectivity index (χ1v) is 17.3. The molecule has 8 bridgehead atoms. The summed E-state index contributed by atoms with van der Waals surface area (Å²) in [7, 11) is 3.55. The third kappa shape index (κ3) is 6.49. The molecule has 10 rings (SSSR count). The number of ether oxygens (including phenoxy) is 2. The van der Waals surface area contributed by atoms with E-state index in [0.717, 1.165) is 74.3 Å². The maximum absolute atomic E-state index is 9.98. The molecule has 0 saturated heterocycles. The summed E-state index contributed by atoms with van der Waals surface area (Å²) in [6, 6.07) is 9.74. The van der Waals surface area contributed by atoms with Gasteiger partial charge in [-0.3, -0.25) is 0 Å². The summed E-state index contributed by atoms with van der Waals surface area (Å²) in [6.07, 6.45) is 13.7. The molecule has 0 unspecified atom stereocenters. The molecule has 8 fully saturated rings. The SMILES string of the molecule is C.C.C.COC(=C1C2CC3CC(C2)CC1C3)c1cc(O)cc(C)c1Cl.COC(=C1C2CC3CC(C2)CC1C3)c1cccc(C)c1Cl. The van der Waals surface area contributed by atoms with Crippen LogP contribution in [0, 0.1) is 61.2 Å². The average molecular weight is 670 g/mol. The van der Waals surface area contributed by atoms with Gasteiger partial charge in [-0.25, -0.2) is 0 Å². The lowest BCUT2D eigenvalue weighted by Gasteiger charge is -2.51. The number of rotatable bonds is 4. The number of hydrogen-bond acceptors (Lipinski definition) is 3. The van der Waals surface area contributed by atoms with E-state index in [1.165, 1.54) is 69.8 Å². The van der Waals surface area contributed by atoms with E-state index in [2.05, 4.69) is 25.1 Å². The number of allylic oxidation sites excluding steroid dienone is 2. The van der Waals surface area contributed by atoms with Crippen molar-refractivity contribution in [1.82, 2.24) is 0 Å². The van der Waals surface area contributed by atoms with E-state index < -0.39 is 0 Å². The second-order valence-electron chi connectivity index (χ2n) is 14.6. The fourth-order valence-electron chi connectivity index (χ4n) is 10.6. The van der Waals surface area contributed by atoms with Crippen molar-refractivity contribution in [3.05, 3.63) is 73.8 Å². The van der Waals surface area contributed by atoms with E-state index in [1.54, 1.807) is 24.8 Å². The Bertz CT molecular complexity index is 1410. The molecule has 2 aromatic carbocycles. The van der Waals surface area contributed by atoms with E-state index in [1.807, 2.05) is 14.0 Å². The van der Waals surface area contributed by atoms with Crippen LogP contribution in [0.15, 0.2) is 41.5 Å². The van der Waals surface area contributed by atoms with Crippen LogP contribution in [-0.2, 0) is 9.47 Å². The monoisotopic (exact) mass is 668 g/mol. The Morgan fingerprint density at radius 2 is 0.978 bits per heavy atom. The van der Waals surface area contributed by atoms with Crippen LogP contribution in [0.4, 0.5) is 0 Å². The number of halogens is 2. The summed E-state index contributed by atoms with van der Waals surface area (Å²) in [4.78, 5) is 0. The summed E-state index contributed by atoms with van der Waals surface area (Å²) in [5.41, 5.74) is 7.05. The standard InChI is InChI=1S/C19H23ClO2.C19H23ClO.3CH4/c1-10-3-15(21)9-16(18(10)20)19(22-2)17-13-5-11-4-12(7-13)8-14(17)6-11;1-11-4-3-5-16(18(11)20)19(21-2)17-14-7-12-6-13(9-14)10-15(17)8-12;;;/h3,9,11-14,21H,4-8H2,1-2H3;3-5,12-15H,6-10H2,1-2H3;3*1H4. The molecule has 46 heavy (non-hydrogen) atoms. The second-order valence-corrected chi connectivity index (χ2v) is 15.4. The van der Waals surface area contributed by atoms with Crippen LogP contribution in [0.25, 0.3) is 11.5 Å². The van der Waals surface area contributed by atoms with Crippen molar-refractivity contribution in [3.63, 3.8) is 0 Å². The van der Waals surface area contributed by atoms with E-state index in [0.29, 0.717) is 16.9 Å². The molecule has 3 nitrogen and oxygen atoms in total. The maximum atomic E-state index is 9.98. The summed E-state index contributed by atoms with van der Waals surface area (Å²) < 4.78 is 11.7. The Balaban J connectivity index is 0.000000196. The number of hydrogen-bond donors (Lipinski definition) is 1. The van der Waals surface area contributed by atoms with Crippen LogP contribution < -0.4 is 0 Å². The van der Waals surface area contributed by atoms with Gasteiger partial charge in [0, 0.05) is 11.1 Å². The van der Waals surface area contributed by atoms with Gasteiger partial charge < -0.3 is 14.6 Å². The van der Waals surface area contributed by atoms with Crippen molar-refractivity contribution in [2.45, 2.75) is 100 Å². The lowest BCUT2D eigenvalue weighted by molar-refractivity contribution is 0.0674. The number of phenolic OH excluding ortho intramolecular Hbond substituents is 1. The van der Waals surface area contributed by atoms with E-state index in [-0.39, 0.29) is 28.0 Å². The van der Waals surface area contributed by atoms with Gasteiger partial charge in [-0.2, -0.15) is 0 Å². The van der Waals surface area contributed by atoms with Crippen LogP contribution in [-0.4, -0.2) is 19.3 Å².